The molecule has 0 radical (unpaired) electrons. The molecule has 3 aromatic carbocycles. The van der Waals surface area contributed by atoms with Crippen LogP contribution in [0.3, 0.4) is 0 Å². The van der Waals surface area contributed by atoms with Crippen LogP contribution in [0.25, 0.3) is 0 Å². The molecule has 0 aromatic heterocycles. The van der Waals surface area contributed by atoms with Crippen molar-refractivity contribution in [2.45, 2.75) is 82.6 Å². The fraction of sp³-hybridized carbons (Fsp3) is 0.394. The molecule has 12 heteroatoms. The van der Waals surface area contributed by atoms with Gasteiger partial charge in [0.15, 0.2) is 0 Å². The van der Waals surface area contributed by atoms with Crippen LogP contribution in [-0.4, -0.2) is 43.8 Å². The highest BCUT2D eigenvalue weighted by atomic mass is 35.5. The van der Waals surface area contributed by atoms with Gasteiger partial charge in [-0.2, -0.15) is 13.2 Å². The van der Waals surface area contributed by atoms with Crippen LogP contribution in [-0.2, 0) is 32.3 Å². The quantitative estimate of drug-likeness (QED) is 0.252. The minimum Gasteiger partial charge on any atom is -0.352 e. The van der Waals surface area contributed by atoms with Crippen molar-refractivity contribution in [1.82, 2.24) is 10.2 Å². The molecule has 1 aliphatic rings. The third-order valence-corrected chi connectivity index (χ3v) is 10.1. The smallest absolute Gasteiger partial charge is 0.352 e. The normalized spacial score (nSPS) is 14.9. The molecule has 0 spiro atoms. The van der Waals surface area contributed by atoms with Gasteiger partial charge in [0.05, 0.1) is 21.2 Å². The highest BCUT2D eigenvalue weighted by Crippen LogP contribution is 2.38. The summed E-state index contributed by atoms with van der Waals surface area (Å²) in [5.74, 6) is -1.15. The van der Waals surface area contributed by atoms with Gasteiger partial charge in [-0.25, -0.2) is 8.42 Å². The highest BCUT2D eigenvalue weighted by molar-refractivity contribution is 7.92. The molecule has 4 rings (SSSR count). The SMILES string of the molecule is Cc1ccc(CN(C(=O)CN(c2ccc(Cl)c(C(F)(F)F)c2)S(=O)(=O)c2ccc(C)cc2)[C@@H](C)C(=O)NC2CCCCC2)cc1. The second kappa shape index (κ2) is 14.2. The maximum atomic E-state index is 14.1. The fourth-order valence-electron chi connectivity index (χ4n) is 5.29. The Balaban J connectivity index is 1.74. The lowest BCUT2D eigenvalue weighted by Gasteiger charge is -2.33. The summed E-state index contributed by atoms with van der Waals surface area (Å²) >= 11 is 5.84. The van der Waals surface area contributed by atoms with Gasteiger partial charge >= 0.3 is 6.18 Å². The lowest BCUT2D eigenvalue weighted by molar-refractivity contribution is -0.139. The van der Waals surface area contributed by atoms with Crippen LogP contribution >= 0.6 is 11.6 Å². The number of nitrogens with one attached hydrogen (secondary N) is 1. The summed E-state index contributed by atoms with van der Waals surface area (Å²) in [7, 11) is -4.55. The van der Waals surface area contributed by atoms with Crippen molar-refractivity contribution in [2.24, 2.45) is 0 Å². The summed E-state index contributed by atoms with van der Waals surface area (Å²) in [4.78, 5) is 28.6. The Labute approximate surface area is 267 Å². The fourth-order valence-corrected chi connectivity index (χ4v) is 6.92. The topological polar surface area (TPSA) is 86.8 Å². The summed E-state index contributed by atoms with van der Waals surface area (Å²) in [6.07, 6.45) is -0.169. The van der Waals surface area contributed by atoms with Gasteiger partial charge in [-0.15, -0.1) is 0 Å². The van der Waals surface area contributed by atoms with Crippen molar-refractivity contribution in [2.75, 3.05) is 10.8 Å². The van der Waals surface area contributed by atoms with E-state index >= 15 is 0 Å². The van der Waals surface area contributed by atoms with Gasteiger partial charge in [-0.3, -0.25) is 13.9 Å². The van der Waals surface area contributed by atoms with Crippen molar-refractivity contribution in [1.29, 1.82) is 0 Å². The molecular formula is C33H37ClF3N3O4S. The average molecular weight is 664 g/mol. The number of carbonyl (C=O) groups is 2. The Bertz CT molecular complexity index is 1610. The highest BCUT2D eigenvalue weighted by Gasteiger charge is 2.37. The van der Waals surface area contributed by atoms with Gasteiger partial charge in [-0.1, -0.05) is 78.4 Å². The number of anilines is 1. The first-order chi connectivity index (χ1) is 21.2. The van der Waals surface area contributed by atoms with Gasteiger partial charge in [0.2, 0.25) is 11.8 Å². The maximum absolute atomic E-state index is 14.1. The van der Waals surface area contributed by atoms with E-state index in [-0.39, 0.29) is 23.4 Å². The van der Waals surface area contributed by atoms with Crippen LogP contribution in [0, 0.1) is 13.8 Å². The minimum atomic E-state index is -4.88. The zero-order valence-electron chi connectivity index (χ0n) is 25.4. The molecule has 3 aromatic rings. The van der Waals surface area contributed by atoms with Crippen molar-refractivity contribution in [3.63, 3.8) is 0 Å². The molecule has 1 N–H and O–H groups in total. The number of alkyl halides is 3. The number of aryl methyl sites for hydroxylation is 2. The van der Waals surface area contributed by atoms with Gasteiger partial charge in [-0.05, 0) is 69.5 Å². The van der Waals surface area contributed by atoms with Gasteiger partial charge in [0.1, 0.15) is 12.6 Å². The number of benzene rings is 3. The van der Waals surface area contributed by atoms with E-state index in [1.165, 1.54) is 17.0 Å². The third-order valence-electron chi connectivity index (χ3n) is 8.02. The zero-order chi connectivity index (χ0) is 32.9. The predicted molar refractivity (Wildman–Crippen MR) is 168 cm³/mol. The van der Waals surface area contributed by atoms with Crippen LogP contribution < -0.4 is 9.62 Å². The van der Waals surface area contributed by atoms with E-state index in [0.717, 1.165) is 55.4 Å². The van der Waals surface area contributed by atoms with Crippen LogP contribution in [0.5, 0.6) is 0 Å². The number of halogens is 4. The molecule has 0 heterocycles. The van der Waals surface area contributed by atoms with Gasteiger partial charge in [0, 0.05) is 12.6 Å². The van der Waals surface area contributed by atoms with E-state index in [4.69, 9.17) is 11.6 Å². The number of hydrogen-bond acceptors (Lipinski definition) is 4. The predicted octanol–water partition coefficient (Wildman–Crippen LogP) is 7.04. The van der Waals surface area contributed by atoms with Crippen LogP contribution in [0.2, 0.25) is 5.02 Å². The Kier molecular flexibility index (Phi) is 10.9. The number of hydrogen-bond donors (Lipinski definition) is 1. The van der Waals surface area contributed by atoms with E-state index in [1.807, 2.05) is 19.1 Å². The van der Waals surface area contributed by atoms with Crippen LogP contribution in [0.15, 0.2) is 71.6 Å². The number of amides is 2. The van der Waals surface area contributed by atoms with Crippen molar-refractivity contribution >= 4 is 39.1 Å². The molecule has 0 bridgehead atoms. The Morgan fingerprint density at radius 1 is 0.933 bits per heavy atom. The molecule has 7 nitrogen and oxygen atoms in total. The summed E-state index contributed by atoms with van der Waals surface area (Å²) in [6, 6.07) is 14.7. The number of sulfonamides is 1. The summed E-state index contributed by atoms with van der Waals surface area (Å²) in [6.45, 7) is 4.34. The molecule has 242 valence electrons. The number of carbonyl (C=O) groups excluding carboxylic acids is 2. The first kappa shape index (κ1) is 34.3. The summed E-state index contributed by atoms with van der Waals surface area (Å²) < 4.78 is 70.1. The Morgan fingerprint density at radius 3 is 2.09 bits per heavy atom. The monoisotopic (exact) mass is 663 g/mol. The summed E-state index contributed by atoms with van der Waals surface area (Å²) in [5, 5.41) is 2.41. The Morgan fingerprint density at radius 2 is 1.51 bits per heavy atom. The van der Waals surface area contributed by atoms with Gasteiger partial charge in [0.25, 0.3) is 10.0 Å². The first-order valence-corrected chi connectivity index (χ1v) is 16.6. The second-order valence-electron chi connectivity index (χ2n) is 11.5. The molecule has 1 aliphatic carbocycles. The number of rotatable bonds is 10. The third kappa shape index (κ3) is 8.58. The molecule has 1 atom stereocenters. The van der Waals surface area contributed by atoms with E-state index in [1.54, 1.807) is 38.1 Å². The second-order valence-corrected chi connectivity index (χ2v) is 13.8. The van der Waals surface area contributed by atoms with Crippen molar-refractivity contribution in [3.8, 4) is 0 Å². The lowest BCUT2D eigenvalue weighted by Crippen LogP contribution is -2.53. The van der Waals surface area contributed by atoms with Gasteiger partial charge < -0.3 is 10.2 Å². The molecule has 45 heavy (non-hydrogen) atoms. The first-order valence-electron chi connectivity index (χ1n) is 14.8. The molecule has 0 aliphatic heterocycles. The summed E-state index contributed by atoms with van der Waals surface area (Å²) in [5.41, 5.74) is 0.818. The van der Waals surface area contributed by atoms with Crippen LogP contribution in [0.1, 0.15) is 61.3 Å². The molecule has 0 saturated heterocycles. The largest absolute Gasteiger partial charge is 0.417 e. The minimum absolute atomic E-state index is 0.0226. The molecule has 1 fully saturated rings. The average Bonchev–Trinajstić information content (AvgIpc) is 2.99. The lowest BCUT2D eigenvalue weighted by atomic mass is 9.95. The van der Waals surface area contributed by atoms with Crippen LogP contribution in [0.4, 0.5) is 18.9 Å². The van der Waals surface area contributed by atoms with E-state index in [2.05, 4.69) is 5.32 Å². The number of nitrogens with zero attached hydrogens (tertiary/aromatic N) is 2. The molecular weight excluding hydrogens is 627 g/mol. The van der Waals surface area contributed by atoms with Crippen molar-refractivity contribution < 1.29 is 31.2 Å². The molecule has 2 amide bonds. The maximum Gasteiger partial charge on any atom is 0.417 e. The standard InChI is InChI=1S/C33H37ClF3N3O4S/c1-22-9-13-25(14-10-22)20-39(24(3)32(42)38-26-7-5-4-6-8-26)31(41)21-40(45(43,44)28-16-11-23(2)12-17-28)27-15-18-30(34)29(19-27)33(35,36)37/h9-19,24,26H,4-8,20-21H2,1-3H3,(H,38,42)/t24-/m0/s1. The van der Waals surface area contributed by atoms with E-state index in [9.17, 15) is 31.2 Å². The Hall–Kier alpha value is -3.57. The molecule has 1 saturated carbocycles. The van der Waals surface area contributed by atoms with E-state index < -0.39 is 51.0 Å². The molecule has 0 unspecified atom stereocenters. The van der Waals surface area contributed by atoms with Crippen molar-refractivity contribution in [3.05, 3.63) is 94.0 Å². The zero-order valence-corrected chi connectivity index (χ0v) is 27.0. The van der Waals surface area contributed by atoms with E-state index in [0.29, 0.717) is 15.9 Å².